The normalized spacial score (nSPS) is 10.1. The lowest BCUT2D eigenvalue weighted by atomic mass is 10.0. The summed E-state index contributed by atoms with van der Waals surface area (Å²) in [6.45, 7) is 2.35. The minimum atomic E-state index is -0.458. The molecular formula is C23H22N2O4. The summed E-state index contributed by atoms with van der Waals surface area (Å²) in [6.07, 6.45) is 0. The zero-order valence-corrected chi connectivity index (χ0v) is 16.3. The summed E-state index contributed by atoms with van der Waals surface area (Å²) in [4.78, 5) is 24.7. The number of benzene rings is 3. The molecule has 0 aliphatic heterocycles. The van der Waals surface area contributed by atoms with E-state index in [2.05, 4.69) is 10.9 Å². The van der Waals surface area contributed by atoms with Gasteiger partial charge in [-0.2, -0.15) is 0 Å². The molecule has 3 aromatic rings. The molecule has 2 amide bonds. The number of ether oxygens (including phenoxy) is 2. The molecule has 0 saturated heterocycles. The standard InChI is InChI=1S/C23H22N2O4/c1-3-29-20-14-13-19(15-21(20)28-2)23(27)25-24-22(26)18-11-9-17(10-12-18)16-7-5-4-6-8-16/h4-15H,3H2,1-2H3,(H,24,26)(H,25,27). The number of hydrazine groups is 1. The molecule has 3 aromatic carbocycles. The maximum Gasteiger partial charge on any atom is 0.269 e. The molecule has 3 rings (SSSR count). The van der Waals surface area contributed by atoms with Gasteiger partial charge in [0.15, 0.2) is 11.5 Å². The zero-order chi connectivity index (χ0) is 20.6. The van der Waals surface area contributed by atoms with Crippen molar-refractivity contribution in [3.05, 3.63) is 83.9 Å². The summed E-state index contributed by atoms with van der Waals surface area (Å²) < 4.78 is 10.7. The van der Waals surface area contributed by atoms with E-state index in [0.717, 1.165) is 11.1 Å². The quantitative estimate of drug-likeness (QED) is 0.627. The van der Waals surface area contributed by atoms with Crippen LogP contribution in [-0.2, 0) is 0 Å². The van der Waals surface area contributed by atoms with Crippen molar-refractivity contribution in [1.82, 2.24) is 10.9 Å². The number of nitrogens with one attached hydrogen (secondary N) is 2. The smallest absolute Gasteiger partial charge is 0.269 e. The lowest BCUT2D eigenvalue weighted by molar-refractivity contribution is 0.0846. The summed E-state index contributed by atoms with van der Waals surface area (Å²) in [6, 6.07) is 21.8. The van der Waals surface area contributed by atoms with Crippen LogP contribution in [0.4, 0.5) is 0 Å². The number of methoxy groups -OCH3 is 1. The molecule has 0 radical (unpaired) electrons. The predicted octanol–water partition coefficient (Wildman–Crippen LogP) is 3.84. The Balaban J connectivity index is 1.62. The number of hydrogen-bond donors (Lipinski definition) is 2. The van der Waals surface area contributed by atoms with E-state index in [1.807, 2.05) is 49.4 Å². The minimum absolute atomic E-state index is 0.338. The highest BCUT2D eigenvalue weighted by Crippen LogP contribution is 2.28. The van der Waals surface area contributed by atoms with Crippen molar-refractivity contribution in [3.63, 3.8) is 0 Å². The first-order chi connectivity index (χ1) is 14.1. The van der Waals surface area contributed by atoms with E-state index < -0.39 is 11.8 Å². The molecule has 6 heteroatoms. The summed E-state index contributed by atoms with van der Waals surface area (Å²) in [7, 11) is 1.50. The number of carbonyl (C=O) groups is 2. The summed E-state index contributed by atoms with van der Waals surface area (Å²) >= 11 is 0. The third-order valence-electron chi connectivity index (χ3n) is 4.27. The SMILES string of the molecule is CCOc1ccc(C(=O)NNC(=O)c2ccc(-c3ccccc3)cc2)cc1OC. The van der Waals surface area contributed by atoms with Crippen LogP contribution in [0.2, 0.25) is 0 Å². The van der Waals surface area contributed by atoms with Gasteiger partial charge in [-0.25, -0.2) is 0 Å². The van der Waals surface area contributed by atoms with E-state index in [0.29, 0.717) is 29.2 Å². The van der Waals surface area contributed by atoms with Gasteiger partial charge in [0.05, 0.1) is 13.7 Å². The highest BCUT2D eigenvalue weighted by atomic mass is 16.5. The topological polar surface area (TPSA) is 76.7 Å². The number of hydrogen-bond acceptors (Lipinski definition) is 4. The van der Waals surface area contributed by atoms with Gasteiger partial charge in [0, 0.05) is 11.1 Å². The van der Waals surface area contributed by atoms with Gasteiger partial charge in [-0.3, -0.25) is 20.4 Å². The molecule has 0 bridgehead atoms. The average molecular weight is 390 g/mol. The molecule has 0 aliphatic rings. The molecule has 0 heterocycles. The Hall–Kier alpha value is -3.80. The lowest BCUT2D eigenvalue weighted by Crippen LogP contribution is -2.41. The summed E-state index contributed by atoms with van der Waals surface area (Å²) in [5, 5.41) is 0. The second-order valence-electron chi connectivity index (χ2n) is 6.15. The van der Waals surface area contributed by atoms with E-state index in [1.165, 1.54) is 7.11 Å². The Labute approximate surface area is 169 Å². The Morgan fingerprint density at radius 3 is 1.97 bits per heavy atom. The van der Waals surface area contributed by atoms with Crippen LogP contribution in [0.25, 0.3) is 11.1 Å². The van der Waals surface area contributed by atoms with Crippen LogP contribution in [0.5, 0.6) is 11.5 Å². The van der Waals surface area contributed by atoms with E-state index in [-0.39, 0.29) is 0 Å². The van der Waals surface area contributed by atoms with Gasteiger partial charge >= 0.3 is 0 Å². The monoisotopic (exact) mass is 390 g/mol. The van der Waals surface area contributed by atoms with Gasteiger partial charge < -0.3 is 9.47 Å². The molecule has 0 spiro atoms. The Morgan fingerprint density at radius 2 is 1.34 bits per heavy atom. The Morgan fingerprint density at radius 1 is 0.759 bits per heavy atom. The molecule has 148 valence electrons. The fourth-order valence-corrected chi connectivity index (χ4v) is 2.79. The molecule has 0 saturated carbocycles. The van der Waals surface area contributed by atoms with Crippen molar-refractivity contribution in [2.24, 2.45) is 0 Å². The van der Waals surface area contributed by atoms with Gasteiger partial charge in [-0.05, 0) is 48.4 Å². The molecule has 0 fully saturated rings. The maximum atomic E-state index is 12.3. The van der Waals surface area contributed by atoms with Crippen LogP contribution in [0.1, 0.15) is 27.6 Å². The number of amides is 2. The van der Waals surface area contributed by atoms with Gasteiger partial charge in [0.1, 0.15) is 0 Å². The van der Waals surface area contributed by atoms with Gasteiger partial charge in [0.25, 0.3) is 11.8 Å². The third-order valence-corrected chi connectivity index (χ3v) is 4.27. The molecule has 29 heavy (non-hydrogen) atoms. The van der Waals surface area contributed by atoms with Crippen LogP contribution in [0, 0.1) is 0 Å². The van der Waals surface area contributed by atoms with Crippen molar-refractivity contribution in [2.75, 3.05) is 13.7 Å². The van der Waals surface area contributed by atoms with Crippen LogP contribution < -0.4 is 20.3 Å². The highest BCUT2D eigenvalue weighted by molar-refractivity contribution is 5.99. The van der Waals surface area contributed by atoms with E-state index in [1.54, 1.807) is 30.3 Å². The molecule has 2 N–H and O–H groups in total. The van der Waals surface area contributed by atoms with Crippen molar-refractivity contribution >= 4 is 11.8 Å². The summed E-state index contributed by atoms with van der Waals surface area (Å²) in [5.74, 6) is 0.132. The zero-order valence-electron chi connectivity index (χ0n) is 16.3. The fourth-order valence-electron chi connectivity index (χ4n) is 2.79. The highest BCUT2D eigenvalue weighted by Gasteiger charge is 2.13. The van der Waals surface area contributed by atoms with E-state index in [4.69, 9.17) is 9.47 Å². The van der Waals surface area contributed by atoms with Crippen LogP contribution in [0.15, 0.2) is 72.8 Å². The first kappa shape index (κ1) is 19.9. The largest absolute Gasteiger partial charge is 0.493 e. The lowest BCUT2D eigenvalue weighted by Gasteiger charge is -2.12. The van der Waals surface area contributed by atoms with Crippen LogP contribution in [-0.4, -0.2) is 25.5 Å². The maximum absolute atomic E-state index is 12.3. The van der Waals surface area contributed by atoms with Gasteiger partial charge in [-0.1, -0.05) is 42.5 Å². The first-order valence-electron chi connectivity index (χ1n) is 9.19. The second-order valence-corrected chi connectivity index (χ2v) is 6.15. The molecule has 0 aromatic heterocycles. The average Bonchev–Trinajstić information content (AvgIpc) is 2.78. The number of carbonyl (C=O) groups excluding carboxylic acids is 2. The molecule has 6 nitrogen and oxygen atoms in total. The molecular weight excluding hydrogens is 368 g/mol. The minimum Gasteiger partial charge on any atom is -0.493 e. The van der Waals surface area contributed by atoms with E-state index in [9.17, 15) is 9.59 Å². The third kappa shape index (κ3) is 4.93. The van der Waals surface area contributed by atoms with Crippen molar-refractivity contribution in [1.29, 1.82) is 0 Å². The first-order valence-corrected chi connectivity index (χ1v) is 9.19. The molecule has 0 unspecified atom stereocenters. The van der Waals surface area contributed by atoms with Crippen molar-refractivity contribution in [3.8, 4) is 22.6 Å². The van der Waals surface area contributed by atoms with Gasteiger partial charge in [0.2, 0.25) is 0 Å². The van der Waals surface area contributed by atoms with Crippen LogP contribution in [0.3, 0.4) is 0 Å². The molecule has 0 aliphatic carbocycles. The summed E-state index contributed by atoms with van der Waals surface area (Å²) in [5.41, 5.74) is 7.69. The second kappa shape index (κ2) is 9.41. The Kier molecular flexibility index (Phi) is 6.47. The van der Waals surface area contributed by atoms with Crippen molar-refractivity contribution < 1.29 is 19.1 Å². The fraction of sp³-hybridized carbons (Fsp3) is 0.130. The molecule has 0 atom stereocenters. The van der Waals surface area contributed by atoms with Gasteiger partial charge in [-0.15, -0.1) is 0 Å². The number of rotatable bonds is 6. The predicted molar refractivity (Wildman–Crippen MR) is 111 cm³/mol. The van der Waals surface area contributed by atoms with E-state index >= 15 is 0 Å². The van der Waals surface area contributed by atoms with Crippen LogP contribution >= 0.6 is 0 Å². The van der Waals surface area contributed by atoms with Crippen molar-refractivity contribution in [2.45, 2.75) is 6.92 Å². The Bertz CT molecular complexity index is 986.